The lowest BCUT2D eigenvalue weighted by molar-refractivity contribution is 0.0899. The first-order valence-electron chi connectivity index (χ1n) is 9.15. The molecule has 0 saturated heterocycles. The number of fused-ring (bicyclic) bond motifs is 1. The molecule has 1 aliphatic carbocycles. The van der Waals surface area contributed by atoms with Crippen LogP contribution in [-0.4, -0.2) is 5.78 Å². The van der Waals surface area contributed by atoms with E-state index in [1.54, 1.807) is 0 Å². The van der Waals surface area contributed by atoms with Crippen molar-refractivity contribution in [3.63, 3.8) is 0 Å². The van der Waals surface area contributed by atoms with Gasteiger partial charge in [0.25, 0.3) is 0 Å². The molecule has 0 aromatic heterocycles. The van der Waals surface area contributed by atoms with Crippen LogP contribution in [0.25, 0.3) is 0 Å². The molecule has 2 atom stereocenters. The number of rotatable bonds is 5. The Balaban J connectivity index is 1.62. The third kappa shape index (κ3) is 3.61. The Morgan fingerprint density at radius 2 is 1.50 bits per heavy atom. The minimum atomic E-state index is 0.0426. The summed E-state index contributed by atoms with van der Waals surface area (Å²) in [4.78, 5) is 13.2. The summed E-state index contributed by atoms with van der Waals surface area (Å²) < 4.78 is 0. The molecule has 0 radical (unpaired) electrons. The number of carbonyl (C=O) groups excluding carboxylic acids is 1. The molecule has 1 aliphatic rings. The summed E-state index contributed by atoms with van der Waals surface area (Å²) in [7, 11) is 0. The Bertz CT molecular complexity index is 873. The van der Waals surface area contributed by atoms with Gasteiger partial charge in [-0.1, -0.05) is 84.9 Å². The third-order valence-corrected chi connectivity index (χ3v) is 6.57. The number of hydrogen-bond donors (Lipinski definition) is 0. The monoisotopic (exact) mass is 358 g/mol. The summed E-state index contributed by atoms with van der Waals surface area (Å²) in [6.45, 7) is 0. The van der Waals surface area contributed by atoms with E-state index in [9.17, 15) is 4.79 Å². The number of aryl methyl sites for hydroxylation is 1. The van der Waals surface area contributed by atoms with E-state index in [1.807, 2.05) is 42.1 Å². The number of benzene rings is 3. The van der Waals surface area contributed by atoms with Gasteiger partial charge in [0.15, 0.2) is 5.78 Å². The molecule has 0 bridgehead atoms. The summed E-state index contributed by atoms with van der Waals surface area (Å²) >= 11 is 1.89. The van der Waals surface area contributed by atoms with E-state index in [-0.39, 0.29) is 11.2 Å². The Morgan fingerprint density at radius 1 is 0.846 bits per heavy atom. The number of Topliss-reactive ketones (excluding diaryl/α,β-unsaturated/α-hetero) is 1. The number of ketones is 1. The Hall–Kier alpha value is -2.32. The lowest BCUT2D eigenvalue weighted by Gasteiger charge is -2.30. The van der Waals surface area contributed by atoms with Gasteiger partial charge in [-0.05, 0) is 29.5 Å². The van der Waals surface area contributed by atoms with Crippen molar-refractivity contribution in [2.75, 3.05) is 0 Å². The Morgan fingerprint density at radius 3 is 2.27 bits per heavy atom. The maximum Gasteiger partial charge on any atom is 0.167 e. The van der Waals surface area contributed by atoms with Gasteiger partial charge in [-0.3, -0.25) is 4.79 Å². The molecule has 2 heteroatoms. The highest BCUT2D eigenvalue weighted by atomic mass is 32.2. The van der Waals surface area contributed by atoms with Gasteiger partial charge >= 0.3 is 0 Å². The zero-order chi connectivity index (χ0) is 17.8. The fourth-order valence-corrected chi connectivity index (χ4v) is 5.16. The van der Waals surface area contributed by atoms with Gasteiger partial charge in [0, 0.05) is 22.5 Å². The van der Waals surface area contributed by atoms with Crippen LogP contribution in [0.15, 0.2) is 84.9 Å². The number of thioether (sulfide) groups is 1. The summed E-state index contributed by atoms with van der Waals surface area (Å²) in [5.74, 6) is 1.27. The van der Waals surface area contributed by atoms with E-state index >= 15 is 0 Å². The standard InChI is InChI=1S/C24H22OS/c25-23-21-14-8-7-11-19(21)15-16-22(23)24(20-12-5-2-6-13-20)26-17-18-9-3-1-4-10-18/h1-14,22,24H,15-17H2/t22-,24+/m1/s1. The smallest absolute Gasteiger partial charge is 0.167 e. The van der Waals surface area contributed by atoms with Crippen LogP contribution in [0.2, 0.25) is 0 Å². The quantitative estimate of drug-likeness (QED) is 0.547. The van der Waals surface area contributed by atoms with Gasteiger partial charge in [-0.15, -0.1) is 11.8 Å². The van der Waals surface area contributed by atoms with Crippen LogP contribution < -0.4 is 0 Å². The molecule has 1 nitrogen and oxygen atoms in total. The molecule has 26 heavy (non-hydrogen) atoms. The topological polar surface area (TPSA) is 17.1 Å². The maximum absolute atomic E-state index is 13.2. The summed E-state index contributed by atoms with van der Waals surface area (Å²) in [6.07, 6.45) is 1.92. The minimum absolute atomic E-state index is 0.0426. The highest BCUT2D eigenvalue weighted by Crippen LogP contribution is 2.43. The van der Waals surface area contributed by atoms with Crippen LogP contribution in [0.4, 0.5) is 0 Å². The highest BCUT2D eigenvalue weighted by Gasteiger charge is 2.34. The molecule has 0 saturated carbocycles. The fraction of sp³-hybridized carbons (Fsp3) is 0.208. The van der Waals surface area contributed by atoms with Gasteiger partial charge in [0.2, 0.25) is 0 Å². The molecular weight excluding hydrogens is 336 g/mol. The van der Waals surface area contributed by atoms with E-state index in [1.165, 1.54) is 16.7 Å². The molecule has 0 unspecified atom stereocenters. The summed E-state index contributed by atoms with van der Waals surface area (Å²) in [6, 6.07) is 29.1. The lowest BCUT2D eigenvalue weighted by atomic mass is 9.79. The fourth-order valence-electron chi connectivity index (χ4n) is 3.76. The zero-order valence-electron chi connectivity index (χ0n) is 14.7. The molecular formula is C24H22OS. The summed E-state index contributed by atoms with van der Waals surface area (Å²) in [5.41, 5.74) is 4.69. The molecule has 130 valence electrons. The number of carbonyl (C=O) groups is 1. The van der Waals surface area contributed by atoms with Crippen LogP contribution in [0.1, 0.15) is 38.7 Å². The average molecular weight is 359 g/mol. The van der Waals surface area contributed by atoms with Gasteiger partial charge in [0.1, 0.15) is 0 Å². The third-order valence-electron chi connectivity index (χ3n) is 5.11. The number of hydrogen-bond acceptors (Lipinski definition) is 2. The van der Waals surface area contributed by atoms with Crippen molar-refractivity contribution < 1.29 is 4.79 Å². The van der Waals surface area contributed by atoms with E-state index in [0.717, 1.165) is 24.2 Å². The predicted octanol–water partition coefficient (Wildman–Crippen LogP) is 6.11. The molecule has 3 aromatic carbocycles. The zero-order valence-corrected chi connectivity index (χ0v) is 15.5. The highest BCUT2D eigenvalue weighted by molar-refractivity contribution is 7.98. The van der Waals surface area contributed by atoms with Crippen molar-refractivity contribution in [2.45, 2.75) is 23.8 Å². The van der Waals surface area contributed by atoms with Gasteiger partial charge in [-0.25, -0.2) is 0 Å². The lowest BCUT2D eigenvalue weighted by Crippen LogP contribution is -2.27. The van der Waals surface area contributed by atoms with Crippen LogP contribution in [-0.2, 0) is 12.2 Å². The van der Waals surface area contributed by atoms with Gasteiger partial charge < -0.3 is 0 Å². The second-order valence-electron chi connectivity index (χ2n) is 6.79. The first kappa shape index (κ1) is 17.1. The molecule has 3 aromatic rings. The van der Waals surface area contributed by atoms with Crippen molar-refractivity contribution in [3.05, 3.63) is 107 Å². The Labute approximate surface area is 159 Å². The molecule has 0 spiro atoms. The average Bonchev–Trinajstić information content (AvgIpc) is 2.71. The van der Waals surface area contributed by atoms with Crippen molar-refractivity contribution in [3.8, 4) is 0 Å². The SMILES string of the molecule is O=C1c2ccccc2CC[C@H]1[C@@H](SCc1ccccc1)c1ccccc1. The van der Waals surface area contributed by atoms with Crippen molar-refractivity contribution in [2.24, 2.45) is 5.92 Å². The molecule has 0 fully saturated rings. The molecule has 0 N–H and O–H groups in total. The normalized spacial score (nSPS) is 17.5. The van der Waals surface area contributed by atoms with E-state index in [0.29, 0.717) is 5.78 Å². The summed E-state index contributed by atoms with van der Waals surface area (Å²) in [5, 5.41) is 0.192. The molecule has 0 amide bonds. The van der Waals surface area contributed by atoms with Crippen molar-refractivity contribution >= 4 is 17.5 Å². The van der Waals surface area contributed by atoms with Crippen molar-refractivity contribution in [1.29, 1.82) is 0 Å². The van der Waals surface area contributed by atoms with Crippen LogP contribution in [0, 0.1) is 5.92 Å². The minimum Gasteiger partial charge on any atom is -0.294 e. The molecule has 0 aliphatic heterocycles. The van der Waals surface area contributed by atoms with E-state index < -0.39 is 0 Å². The van der Waals surface area contributed by atoms with Crippen LogP contribution in [0.5, 0.6) is 0 Å². The Kier molecular flexibility index (Phi) is 5.21. The second-order valence-corrected chi connectivity index (χ2v) is 7.92. The first-order valence-corrected chi connectivity index (χ1v) is 10.2. The second kappa shape index (κ2) is 7.92. The van der Waals surface area contributed by atoms with Crippen molar-refractivity contribution in [1.82, 2.24) is 0 Å². The van der Waals surface area contributed by atoms with Gasteiger partial charge in [0.05, 0.1) is 0 Å². The van der Waals surface area contributed by atoms with Crippen LogP contribution in [0.3, 0.4) is 0 Å². The van der Waals surface area contributed by atoms with Crippen LogP contribution >= 0.6 is 11.8 Å². The largest absolute Gasteiger partial charge is 0.294 e. The molecule has 0 heterocycles. The first-order chi connectivity index (χ1) is 12.8. The van der Waals surface area contributed by atoms with Gasteiger partial charge in [-0.2, -0.15) is 0 Å². The van der Waals surface area contributed by atoms with E-state index in [4.69, 9.17) is 0 Å². The maximum atomic E-state index is 13.2. The molecule has 4 rings (SSSR count). The predicted molar refractivity (Wildman–Crippen MR) is 110 cm³/mol. The van der Waals surface area contributed by atoms with E-state index in [2.05, 4.69) is 54.6 Å².